The van der Waals surface area contributed by atoms with Crippen LogP contribution in [0.3, 0.4) is 0 Å². The molecule has 0 atom stereocenters. The van der Waals surface area contributed by atoms with Crippen LogP contribution < -0.4 is 9.80 Å². The lowest BCUT2D eigenvalue weighted by molar-refractivity contribution is -0.383. The maximum Gasteiger partial charge on any atom is 0.353 e. The molecule has 2 saturated heterocycles. The summed E-state index contributed by atoms with van der Waals surface area (Å²) in [5.74, 6) is 0.881. The van der Waals surface area contributed by atoms with Crippen molar-refractivity contribution in [3.63, 3.8) is 0 Å². The van der Waals surface area contributed by atoms with Gasteiger partial charge in [0.05, 0.1) is 4.92 Å². The lowest BCUT2D eigenvalue weighted by atomic mass is 10.0. The fourth-order valence-corrected chi connectivity index (χ4v) is 3.59. The van der Waals surface area contributed by atoms with E-state index in [9.17, 15) is 10.1 Å². The molecule has 0 bridgehead atoms. The van der Waals surface area contributed by atoms with Crippen LogP contribution in [0.2, 0.25) is 0 Å². The number of nitro groups is 1. The minimum absolute atomic E-state index is 0.0356. The normalized spacial score (nSPS) is 20.7. The molecule has 0 aliphatic carbocycles. The molecule has 138 valence electrons. The first-order chi connectivity index (χ1) is 12.0. The van der Waals surface area contributed by atoms with Crippen LogP contribution in [0.25, 0.3) is 0 Å². The van der Waals surface area contributed by atoms with Gasteiger partial charge in [0.15, 0.2) is 0 Å². The fraction of sp³-hybridized carbons (Fsp3) is 0.750. The van der Waals surface area contributed by atoms with Crippen molar-refractivity contribution < 1.29 is 4.92 Å². The molecule has 9 heteroatoms. The molecule has 1 aromatic heterocycles. The van der Waals surface area contributed by atoms with Gasteiger partial charge in [-0.15, -0.1) is 0 Å². The summed E-state index contributed by atoms with van der Waals surface area (Å²) in [7, 11) is 6.08. The van der Waals surface area contributed by atoms with Crippen LogP contribution in [0, 0.1) is 10.1 Å². The van der Waals surface area contributed by atoms with Crippen LogP contribution in [-0.2, 0) is 0 Å². The summed E-state index contributed by atoms with van der Waals surface area (Å²) in [5, 5.41) is 11.8. The Bertz CT molecular complexity index is 611. The molecular formula is C16H27N7O2. The topological polar surface area (TPSA) is 81.9 Å². The Morgan fingerprint density at radius 1 is 1.08 bits per heavy atom. The Morgan fingerprint density at radius 2 is 1.68 bits per heavy atom. The highest BCUT2D eigenvalue weighted by atomic mass is 16.6. The molecule has 2 aliphatic rings. The first kappa shape index (κ1) is 17.8. The maximum atomic E-state index is 11.8. The van der Waals surface area contributed by atoms with Gasteiger partial charge in [-0.05, 0) is 40.0 Å². The summed E-state index contributed by atoms with van der Waals surface area (Å²) in [6, 6.07) is 0.269. The Hall–Kier alpha value is -2.00. The fourth-order valence-electron chi connectivity index (χ4n) is 3.59. The van der Waals surface area contributed by atoms with E-state index in [1.54, 1.807) is 0 Å². The van der Waals surface area contributed by atoms with Crippen molar-refractivity contribution in [1.82, 2.24) is 19.8 Å². The quantitative estimate of drug-likeness (QED) is 0.579. The lowest BCUT2D eigenvalue weighted by Crippen LogP contribution is -2.45. The molecule has 0 unspecified atom stereocenters. The number of rotatable bonds is 4. The molecule has 9 nitrogen and oxygen atoms in total. The van der Waals surface area contributed by atoms with Gasteiger partial charge in [0.25, 0.3) is 0 Å². The van der Waals surface area contributed by atoms with Gasteiger partial charge in [0, 0.05) is 39.3 Å². The molecule has 1 aromatic rings. The zero-order valence-corrected chi connectivity index (χ0v) is 15.3. The molecule has 0 saturated carbocycles. The third-order valence-corrected chi connectivity index (χ3v) is 5.34. The average molecular weight is 349 g/mol. The summed E-state index contributed by atoms with van der Waals surface area (Å²) in [4.78, 5) is 28.6. The minimum Gasteiger partial charge on any atom is -0.351 e. The van der Waals surface area contributed by atoms with Crippen LogP contribution >= 0.6 is 0 Å². The second-order valence-corrected chi connectivity index (χ2v) is 7.06. The maximum absolute atomic E-state index is 11.8. The van der Waals surface area contributed by atoms with Gasteiger partial charge in [-0.1, -0.05) is 0 Å². The number of piperazine rings is 1. The molecule has 0 aromatic carbocycles. The summed E-state index contributed by atoms with van der Waals surface area (Å²) in [6.07, 6.45) is 3.43. The average Bonchev–Trinajstić information content (AvgIpc) is 2.61. The summed E-state index contributed by atoms with van der Waals surface area (Å²) in [6.45, 7) is 5.23. The van der Waals surface area contributed by atoms with Crippen molar-refractivity contribution in [2.75, 3.05) is 70.2 Å². The third kappa shape index (κ3) is 3.82. The summed E-state index contributed by atoms with van der Waals surface area (Å²) in [5.41, 5.74) is 0.0356. The van der Waals surface area contributed by atoms with Gasteiger partial charge in [-0.3, -0.25) is 10.1 Å². The molecule has 0 radical (unpaired) electrons. The molecule has 0 N–H and O–H groups in total. The molecule has 0 amide bonds. The number of anilines is 2. The van der Waals surface area contributed by atoms with E-state index in [1.807, 2.05) is 16.8 Å². The van der Waals surface area contributed by atoms with Gasteiger partial charge in [-0.2, -0.15) is 0 Å². The highest BCUT2D eigenvalue weighted by Crippen LogP contribution is 2.35. The Morgan fingerprint density at radius 3 is 2.28 bits per heavy atom. The number of nitrogens with zero attached hydrogens (tertiary/aromatic N) is 7. The number of likely N-dealkylation sites (N-methyl/N-ethyl adjacent to an activating group) is 1. The smallest absolute Gasteiger partial charge is 0.351 e. The lowest BCUT2D eigenvalue weighted by Gasteiger charge is -2.36. The van der Waals surface area contributed by atoms with Gasteiger partial charge < -0.3 is 19.6 Å². The van der Waals surface area contributed by atoms with Crippen LogP contribution in [-0.4, -0.2) is 91.1 Å². The van der Waals surface area contributed by atoms with Gasteiger partial charge >= 0.3 is 5.69 Å². The number of hydrogen-bond donors (Lipinski definition) is 0. The number of aromatic nitrogens is 2. The van der Waals surface area contributed by atoms with E-state index in [0.29, 0.717) is 11.6 Å². The first-order valence-corrected chi connectivity index (χ1v) is 8.81. The second kappa shape index (κ2) is 7.49. The van der Waals surface area contributed by atoms with Crippen LogP contribution in [0.1, 0.15) is 12.8 Å². The molecular weight excluding hydrogens is 322 g/mol. The van der Waals surface area contributed by atoms with Crippen molar-refractivity contribution in [2.24, 2.45) is 0 Å². The first-order valence-electron chi connectivity index (χ1n) is 8.81. The van der Waals surface area contributed by atoms with Crippen LogP contribution in [0.4, 0.5) is 17.3 Å². The number of piperidine rings is 1. The van der Waals surface area contributed by atoms with E-state index >= 15 is 0 Å². The van der Waals surface area contributed by atoms with E-state index in [0.717, 1.165) is 52.1 Å². The zero-order chi connectivity index (χ0) is 18.0. The molecule has 25 heavy (non-hydrogen) atoms. The zero-order valence-electron chi connectivity index (χ0n) is 15.3. The van der Waals surface area contributed by atoms with Crippen molar-refractivity contribution in [3.8, 4) is 0 Å². The highest BCUT2D eigenvalue weighted by Gasteiger charge is 2.33. The summed E-state index contributed by atoms with van der Waals surface area (Å²) < 4.78 is 0. The predicted octanol–water partition coefficient (Wildman–Crippen LogP) is 0.667. The second-order valence-electron chi connectivity index (χ2n) is 7.06. The van der Waals surface area contributed by atoms with Gasteiger partial charge in [0.1, 0.15) is 6.33 Å². The number of likely N-dealkylation sites (tertiary alicyclic amines) is 1. The standard InChI is InChI=1S/C16H27N7O2/c1-19-6-4-13(5-7-19)21(3)15-14(23(24)25)16(18-12-17-15)22-10-8-20(2)9-11-22/h12-13H,4-11H2,1-3H3. The molecule has 2 aliphatic heterocycles. The van der Waals surface area contributed by atoms with E-state index in [4.69, 9.17) is 0 Å². The van der Waals surface area contributed by atoms with E-state index < -0.39 is 0 Å². The van der Waals surface area contributed by atoms with Crippen LogP contribution in [0.5, 0.6) is 0 Å². The highest BCUT2D eigenvalue weighted by molar-refractivity contribution is 5.71. The Kier molecular flexibility index (Phi) is 5.33. The van der Waals surface area contributed by atoms with Gasteiger partial charge in [0.2, 0.25) is 11.6 Å². The van der Waals surface area contributed by atoms with Crippen molar-refractivity contribution >= 4 is 17.3 Å². The van der Waals surface area contributed by atoms with E-state index in [1.165, 1.54) is 6.33 Å². The summed E-state index contributed by atoms with van der Waals surface area (Å²) >= 11 is 0. The van der Waals surface area contributed by atoms with E-state index in [2.05, 4.69) is 33.9 Å². The SMILES string of the molecule is CN1CCC(N(C)c2ncnc(N3CCN(C)CC3)c2[N+](=O)[O-])CC1. The molecule has 0 spiro atoms. The Balaban J connectivity index is 1.88. The van der Waals surface area contributed by atoms with Crippen LogP contribution in [0.15, 0.2) is 6.33 Å². The molecule has 3 heterocycles. The number of hydrogen-bond acceptors (Lipinski definition) is 8. The van der Waals surface area contributed by atoms with Crippen molar-refractivity contribution in [1.29, 1.82) is 0 Å². The third-order valence-electron chi connectivity index (χ3n) is 5.34. The molecule has 2 fully saturated rings. The van der Waals surface area contributed by atoms with Crippen molar-refractivity contribution in [2.45, 2.75) is 18.9 Å². The monoisotopic (exact) mass is 349 g/mol. The predicted molar refractivity (Wildman–Crippen MR) is 97.3 cm³/mol. The molecule has 3 rings (SSSR count). The van der Waals surface area contributed by atoms with Crippen molar-refractivity contribution in [3.05, 3.63) is 16.4 Å². The van der Waals surface area contributed by atoms with E-state index in [-0.39, 0.29) is 16.7 Å². The van der Waals surface area contributed by atoms with Gasteiger partial charge in [-0.25, -0.2) is 9.97 Å². The Labute approximate surface area is 148 Å². The largest absolute Gasteiger partial charge is 0.353 e. The minimum atomic E-state index is -0.325.